The summed E-state index contributed by atoms with van der Waals surface area (Å²) in [5.74, 6) is -1.82. The van der Waals surface area contributed by atoms with E-state index in [9.17, 15) is 19.7 Å². The van der Waals surface area contributed by atoms with Crippen LogP contribution in [0, 0.1) is 30.9 Å². The molecule has 0 radical (unpaired) electrons. The first-order valence-corrected chi connectivity index (χ1v) is 21.6. The first-order chi connectivity index (χ1) is 32.0. The average Bonchev–Trinajstić information content (AvgIpc) is 3.33. The lowest BCUT2D eigenvalue weighted by Crippen LogP contribution is -2.29. The average molecular weight is 961 g/mol. The number of benzene rings is 8. The quantitative estimate of drug-likeness (QED) is 0.0369. The number of carboxylic acids is 2. The number of halogens is 1. The summed E-state index contributed by atoms with van der Waals surface area (Å²) in [5.41, 5.74) is 18.5. The van der Waals surface area contributed by atoms with E-state index in [1.807, 2.05) is 79.8 Å². The molecule has 0 saturated carbocycles. The molecule has 7 N–H and O–H groups in total. The molecule has 0 aliphatic heterocycles. The maximum Gasteiger partial charge on any atom is 0.488 e. The highest BCUT2D eigenvalue weighted by Crippen LogP contribution is 2.24. The summed E-state index contributed by atoms with van der Waals surface area (Å²) in [5, 5.41) is 48.2. The van der Waals surface area contributed by atoms with Crippen LogP contribution >= 0.6 is 15.9 Å². The zero-order valence-corrected chi connectivity index (χ0v) is 39.0. The number of nitro benzene ring substituents is 1. The number of non-ortho nitro benzene ring substituents is 1. The van der Waals surface area contributed by atoms with Crippen molar-refractivity contribution in [2.45, 2.75) is 20.8 Å². The van der Waals surface area contributed by atoms with E-state index < -0.39 is 24.0 Å². The minimum Gasteiger partial charge on any atom is -0.478 e. The highest BCUT2D eigenvalue weighted by atomic mass is 79.9. The fourth-order valence-electron chi connectivity index (χ4n) is 6.09. The van der Waals surface area contributed by atoms with Gasteiger partial charge in [-0.05, 0) is 120 Å². The van der Waals surface area contributed by atoms with Crippen molar-refractivity contribution >= 4 is 57.5 Å². The van der Waals surface area contributed by atoms with Crippen LogP contribution in [0.25, 0.3) is 33.4 Å². The summed E-state index contributed by atoms with van der Waals surface area (Å²) in [7, 11) is 0.206. The smallest absolute Gasteiger partial charge is 0.478 e. The molecule has 0 aromatic heterocycles. The van der Waals surface area contributed by atoms with Crippen molar-refractivity contribution in [2.75, 3.05) is 18.1 Å². The number of nitro groups is 1. The molecule has 13 heteroatoms. The lowest BCUT2D eigenvalue weighted by molar-refractivity contribution is -0.384. The SMILES string of the molecule is CNc1cccc(-c2ccc(C(=O)O)cc2)c1.Cc1ccc(-c2cccc(C)c2)cc1.Cc1ccc(Br)cc1.Nc1cccc(-c2ccc(C(=O)O)cc2)c1.O=[N+]([O-])c1cccc(B(O)O)c1. The van der Waals surface area contributed by atoms with Gasteiger partial charge in [-0.2, -0.15) is 0 Å². The molecule has 0 saturated heterocycles. The molecule has 8 aromatic rings. The van der Waals surface area contributed by atoms with E-state index in [0.717, 1.165) is 38.5 Å². The van der Waals surface area contributed by atoms with Gasteiger partial charge in [-0.25, -0.2) is 9.59 Å². The summed E-state index contributed by atoms with van der Waals surface area (Å²) in [4.78, 5) is 31.0. The van der Waals surface area contributed by atoms with Crippen molar-refractivity contribution < 1.29 is 34.8 Å². The standard InChI is InChI=1S/C14H13NO2.C14H14.C13H11NO2.C7H7Br.C6H6BNO4/c1-15-13-4-2-3-12(9-13)10-5-7-11(8-6-10)14(16)17;1-11-6-8-13(9-7-11)14-5-3-4-12(2)10-14;14-12-3-1-2-11(8-12)9-4-6-10(7-5-9)13(15)16;1-6-2-4-7(8)5-3-6;9-7(10)5-2-1-3-6(4-5)8(11)12/h2-9,15H,1H3,(H,16,17);3-10H,1-2H3;1-8H,14H2,(H,15,16);2-5H,1H3;1-4,9-10H. The Hall–Kier alpha value is -7.84. The van der Waals surface area contributed by atoms with Gasteiger partial charge >= 0.3 is 19.1 Å². The molecule has 11 nitrogen and oxygen atoms in total. The number of aryl methyl sites for hydroxylation is 3. The Morgan fingerprint density at radius 3 is 1.40 bits per heavy atom. The van der Waals surface area contributed by atoms with E-state index in [1.54, 1.807) is 36.4 Å². The van der Waals surface area contributed by atoms with Gasteiger partial charge < -0.3 is 31.3 Å². The van der Waals surface area contributed by atoms with Crippen molar-refractivity contribution in [3.63, 3.8) is 0 Å². The van der Waals surface area contributed by atoms with Crippen molar-refractivity contribution in [3.05, 3.63) is 237 Å². The molecule has 0 aliphatic carbocycles. The lowest BCUT2D eigenvalue weighted by atomic mass is 9.80. The molecular formula is C54H51BBrN3O8. The summed E-state index contributed by atoms with van der Waals surface area (Å²) in [6, 6.07) is 59.7. The Bertz CT molecular complexity index is 2820. The molecular weight excluding hydrogens is 909 g/mol. The highest BCUT2D eigenvalue weighted by Gasteiger charge is 2.14. The number of carbonyl (C=O) groups is 2. The van der Waals surface area contributed by atoms with Gasteiger partial charge in [0.1, 0.15) is 0 Å². The van der Waals surface area contributed by atoms with Crippen LogP contribution in [0.2, 0.25) is 0 Å². The number of carboxylic acid groups (broad SMARTS) is 2. The minimum atomic E-state index is -1.66. The third kappa shape index (κ3) is 17.6. The second-order valence-corrected chi connectivity index (χ2v) is 15.9. The first kappa shape index (κ1) is 51.8. The normalized spacial score (nSPS) is 9.84. The number of nitrogens with one attached hydrogen (secondary N) is 1. The van der Waals surface area contributed by atoms with Crippen LogP contribution < -0.4 is 16.5 Å². The van der Waals surface area contributed by atoms with E-state index in [1.165, 1.54) is 46.0 Å². The minimum absolute atomic E-state index is 0.115. The number of aromatic carboxylic acids is 2. The van der Waals surface area contributed by atoms with Gasteiger partial charge in [-0.3, -0.25) is 10.1 Å². The molecule has 0 heterocycles. The van der Waals surface area contributed by atoms with Gasteiger partial charge in [0, 0.05) is 35.0 Å². The van der Waals surface area contributed by atoms with Gasteiger partial charge in [-0.15, -0.1) is 0 Å². The van der Waals surface area contributed by atoms with Gasteiger partial charge in [-0.1, -0.05) is 154 Å². The van der Waals surface area contributed by atoms with E-state index in [2.05, 4.69) is 103 Å². The Morgan fingerprint density at radius 2 is 0.970 bits per heavy atom. The number of anilines is 2. The maximum atomic E-state index is 10.7. The van der Waals surface area contributed by atoms with Crippen molar-refractivity contribution in [2.24, 2.45) is 0 Å². The van der Waals surface area contributed by atoms with Crippen LogP contribution in [-0.2, 0) is 0 Å². The van der Waals surface area contributed by atoms with Crippen molar-refractivity contribution in [1.82, 2.24) is 0 Å². The molecule has 0 amide bonds. The highest BCUT2D eigenvalue weighted by molar-refractivity contribution is 9.10. The second-order valence-electron chi connectivity index (χ2n) is 15.0. The Balaban J connectivity index is 0.000000186. The molecule has 8 aromatic carbocycles. The summed E-state index contributed by atoms with van der Waals surface area (Å²) >= 11 is 3.35. The van der Waals surface area contributed by atoms with Crippen molar-refractivity contribution in [3.8, 4) is 33.4 Å². The van der Waals surface area contributed by atoms with Gasteiger partial charge in [0.05, 0.1) is 16.1 Å². The number of nitrogens with two attached hydrogens (primary N) is 1. The molecule has 67 heavy (non-hydrogen) atoms. The van der Waals surface area contributed by atoms with Gasteiger partial charge in [0.2, 0.25) is 0 Å². The second kappa shape index (κ2) is 26.2. The monoisotopic (exact) mass is 959 g/mol. The van der Waals surface area contributed by atoms with Crippen LogP contribution in [0.1, 0.15) is 37.4 Å². The van der Waals surface area contributed by atoms with Crippen molar-refractivity contribution in [1.29, 1.82) is 0 Å². The first-order valence-electron chi connectivity index (χ1n) is 20.8. The number of rotatable bonds is 8. The largest absolute Gasteiger partial charge is 0.488 e. The van der Waals surface area contributed by atoms with Crippen LogP contribution in [0.15, 0.2) is 199 Å². The topological polar surface area (TPSA) is 196 Å². The molecule has 0 unspecified atom stereocenters. The van der Waals surface area contributed by atoms with Crippen LogP contribution in [0.3, 0.4) is 0 Å². The molecule has 340 valence electrons. The van der Waals surface area contributed by atoms with Gasteiger partial charge in [0.25, 0.3) is 5.69 Å². The third-order valence-corrected chi connectivity index (χ3v) is 10.3. The van der Waals surface area contributed by atoms with E-state index in [4.69, 9.17) is 26.0 Å². The Morgan fingerprint density at radius 1 is 0.537 bits per heavy atom. The number of hydrogen-bond acceptors (Lipinski definition) is 8. The zero-order valence-electron chi connectivity index (χ0n) is 37.4. The lowest BCUT2D eigenvalue weighted by Gasteiger charge is -2.05. The molecule has 0 bridgehead atoms. The number of nitrogens with zero attached hydrogens (tertiary/aromatic N) is 1. The predicted molar refractivity (Wildman–Crippen MR) is 275 cm³/mol. The zero-order chi connectivity index (χ0) is 48.9. The maximum absolute atomic E-state index is 10.7. The van der Waals surface area contributed by atoms with E-state index in [0.29, 0.717) is 11.3 Å². The Kier molecular flexibility index (Phi) is 20.3. The van der Waals surface area contributed by atoms with Crippen LogP contribution in [-0.4, -0.2) is 51.3 Å². The summed E-state index contributed by atoms with van der Waals surface area (Å²) in [6.07, 6.45) is 0. The summed E-state index contributed by atoms with van der Waals surface area (Å²) in [6.45, 7) is 6.31. The third-order valence-electron chi connectivity index (χ3n) is 9.76. The van der Waals surface area contributed by atoms with Gasteiger partial charge in [0.15, 0.2) is 0 Å². The number of hydrogen-bond donors (Lipinski definition) is 6. The molecule has 0 aliphatic rings. The molecule has 0 fully saturated rings. The predicted octanol–water partition coefficient (Wildman–Crippen LogP) is 11.7. The fraction of sp³-hybridized carbons (Fsp3) is 0.0741. The van der Waals surface area contributed by atoms with E-state index >= 15 is 0 Å². The van der Waals surface area contributed by atoms with Crippen LogP contribution in [0.4, 0.5) is 17.1 Å². The molecule has 0 atom stereocenters. The molecule has 0 spiro atoms. The van der Waals surface area contributed by atoms with Crippen LogP contribution in [0.5, 0.6) is 0 Å². The number of nitrogen functional groups attached to an aromatic ring is 1. The summed E-state index contributed by atoms with van der Waals surface area (Å²) < 4.78 is 1.14. The Labute approximate surface area is 399 Å². The molecule has 8 rings (SSSR count). The van der Waals surface area contributed by atoms with E-state index in [-0.39, 0.29) is 16.7 Å². The fourth-order valence-corrected chi connectivity index (χ4v) is 6.35.